The van der Waals surface area contributed by atoms with E-state index in [4.69, 9.17) is 5.26 Å². The number of hydrogen-bond donors (Lipinski definition) is 0. The SMILES string of the molecule is N#Cc1cccc(CN2CCN(C(=O)c3ccccc3)CC2)c1. The highest BCUT2D eigenvalue weighted by Gasteiger charge is 2.21. The summed E-state index contributed by atoms with van der Waals surface area (Å²) in [6.07, 6.45) is 0. The molecule has 2 aromatic rings. The zero-order valence-corrected chi connectivity index (χ0v) is 13.0. The lowest BCUT2D eigenvalue weighted by molar-refractivity contribution is 0.0628. The van der Waals surface area contributed by atoms with Crippen molar-refractivity contribution in [2.75, 3.05) is 26.2 Å². The van der Waals surface area contributed by atoms with Gasteiger partial charge in [-0.1, -0.05) is 30.3 Å². The van der Waals surface area contributed by atoms with E-state index < -0.39 is 0 Å². The second kappa shape index (κ2) is 7.08. The number of carbonyl (C=O) groups excluding carboxylic acids is 1. The lowest BCUT2D eigenvalue weighted by Gasteiger charge is -2.34. The monoisotopic (exact) mass is 305 g/mol. The Labute approximate surface area is 136 Å². The van der Waals surface area contributed by atoms with Crippen molar-refractivity contribution in [1.29, 1.82) is 5.26 Å². The summed E-state index contributed by atoms with van der Waals surface area (Å²) in [4.78, 5) is 16.7. The summed E-state index contributed by atoms with van der Waals surface area (Å²) in [6.45, 7) is 4.02. The molecular formula is C19H19N3O. The minimum Gasteiger partial charge on any atom is -0.336 e. The van der Waals surface area contributed by atoms with Crippen molar-refractivity contribution in [1.82, 2.24) is 9.80 Å². The zero-order valence-electron chi connectivity index (χ0n) is 13.0. The molecule has 0 radical (unpaired) electrons. The molecule has 1 fully saturated rings. The Morgan fingerprint density at radius 3 is 2.43 bits per heavy atom. The Hall–Kier alpha value is -2.64. The maximum absolute atomic E-state index is 12.4. The summed E-state index contributed by atoms with van der Waals surface area (Å²) in [7, 11) is 0. The highest BCUT2D eigenvalue weighted by Crippen LogP contribution is 2.12. The van der Waals surface area contributed by atoms with E-state index >= 15 is 0 Å². The number of piperazine rings is 1. The van der Waals surface area contributed by atoms with E-state index in [1.54, 1.807) is 0 Å². The molecule has 4 heteroatoms. The van der Waals surface area contributed by atoms with Crippen LogP contribution in [0.2, 0.25) is 0 Å². The number of benzene rings is 2. The van der Waals surface area contributed by atoms with Crippen LogP contribution >= 0.6 is 0 Å². The van der Waals surface area contributed by atoms with Crippen molar-refractivity contribution in [3.63, 3.8) is 0 Å². The summed E-state index contributed by atoms with van der Waals surface area (Å²) in [6, 6.07) is 19.3. The third kappa shape index (κ3) is 3.77. The molecule has 0 unspecified atom stereocenters. The first-order valence-corrected chi connectivity index (χ1v) is 7.82. The van der Waals surface area contributed by atoms with Gasteiger partial charge in [0.15, 0.2) is 0 Å². The third-order valence-corrected chi connectivity index (χ3v) is 4.14. The second-order valence-electron chi connectivity index (χ2n) is 5.75. The van der Waals surface area contributed by atoms with Crippen LogP contribution in [0.5, 0.6) is 0 Å². The van der Waals surface area contributed by atoms with Crippen molar-refractivity contribution in [3.8, 4) is 6.07 Å². The van der Waals surface area contributed by atoms with E-state index in [1.165, 1.54) is 0 Å². The van der Waals surface area contributed by atoms with Crippen LogP contribution in [0, 0.1) is 11.3 Å². The smallest absolute Gasteiger partial charge is 0.253 e. The van der Waals surface area contributed by atoms with Crippen molar-refractivity contribution in [2.45, 2.75) is 6.54 Å². The van der Waals surface area contributed by atoms with Crippen molar-refractivity contribution in [3.05, 3.63) is 71.3 Å². The van der Waals surface area contributed by atoms with Gasteiger partial charge in [-0.05, 0) is 29.8 Å². The molecule has 0 saturated carbocycles. The summed E-state index contributed by atoms with van der Waals surface area (Å²) < 4.78 is 0. The lowest BCUT2D eigenvalue weighted by atomic mass is 10.1. The van der Waals surface area contributed by atoms with Crippen LogP contribution in [-0.4, -0.2) is 41.9 Å². The lowest BCUT2D eigenvalue weighted by Crippen LogP contribution is -2.48. The van der Waals surface area contributed by atoms with Crippen LogP contribution in [0.1, 0.15) is 21.5 Å². The number of rotatable bonds is 3. The van der Waals surface area contributed by atoms with Gasteiger partial charge in [-0.15, -0.1) is 0 Å². The van der Waals surface area contributed by atoms with Crippen LogP contribution in [0.15, 0.2) is 54.6 Å². The van der Waals surface area contributed by atoms with Crippen molar-refractivity contribution >= 4 is 5.91 Å². The molecule has 1 aliphatic heterocycles. The van der Waals surface area contributed by atoms with Gasteiger partial charge in [0.2, 0.25) is 0 Å². The number of amides is 1. The van der Waals surface area contributed by atoms with Crippen molar-refractivity contribution < 1.29 is 4.79 Å². The fourth-order valence-electron chi connectivity index (χ4n) is 2.87. The molecule has 0 spiro atoms. The molecule has 1 saturated heterocycles. The number of hydrogen-bond acceptors (Lipinski definition) is 3. The van der Waals surface area contributed by atoms with Crippen LogP contribution in [0.25, 0.3) is 0 Å². The summed E-state index contributed by atoms with van der Waals surface area (Å²) >= 11 is 0. The van der Waals surface area contributed by atoms with Gasteiger partial charge in [-0.3, -0.25) is 9.69 Å². The van der Waals surface area contributed by atoms with Gasteiger partial charge in [-0.25, -0.2) is 0 Å². The van der Waals surface area contributed by atoms with E-state index in [-0.39, 0.29) is 5.91 Å². The third-order valence-electron chi connectivity index (χ3n) is 4.14. The molecule has 3 rings (SSSR count). The fourth-order valence-corrected chi connectivity index (χ4v) is 2.87. The van der Waals surface area contributed by atoms with Gasteiger partial charge < -0.3 is 4.90 Å². The Morgan fingerprint density at radius 2 is 1.74 bits per heavy atom. The first-order valence-electron chi connectivity index (χ1n) is 7.82. The number of nitrogens with zero attached hydrogens (tertiary/aromatic N) is 3. The van der Waals surface area contributed by atoms with E-state index in [1.807, 2.05) is 59.5 Å². The summed E-state index contributed by atoms with van der Waals surface area (Å²) in [5.41, 5.74) is 2.59. The maximum atomic E-state index is 12.4. The van der Waals surface area contributed by atoms with Gasteiger partial charge in [-0.2, -0.15) is 5.26 Å². The Balaban J connectivity index is 1.56. The van der Waals surface area contributed by atoms with E-state index in [9.17, 15) is 4.79 Å². The van der Waals surface area contributed by atoms with Crippen LogP contribution in [0.4, 0.5) is 0 Å². The van der Waals surface area contributed by atoms with Crippen LogP contribution in [-0.2, 0) is 6.54 Å². The second-order valence-corrected chi connectivity index (χ2v) is 5.75. The molecule has 2 aromatic carbocycles. The number of carbonyl (C=O) groups is 1. The highest BCUT2D eigenvalue weighted by molar-refractivity contribution is 5.94. The molecule has 1 amide bonds. The van der Waals surface area contributed by atoms with Gasteiger partial charge in [0.05, 0.1) is 11.6 Å². The molecule has 0 aromatic heterocycles. The first-order chi connectivity index (χ1) is 11.3. The fraction of sp³-hybridized carbons (Fsp3) is 0.263. The van der Waals surface area contributed by atoms with Gasteiger partial charge in [0.25, 0.3) is 5.91 Å². The molecule has 4 nitrogen and oxygen atoms in total. The predicted octanol–water partition coefficient (Wildman–Crippen LogP) is 2.52. The topological polar surface area (TPSA) is 47.3 Å². The average molecular weight is 305 g/mol. The minimum atomic E-state index is 0.108. The van der Waals surface area contributed by atoms with Gasteiger partial charge >= 0.3 is 0 Å². The molecule has 0 bridgehead atoms. The van der Waals surface area contributed by atoms with Crippen LogP contribution < -0.4 is 0 Å². The zero-order chi connectivity index (χ0) is 16.1. The minimum absolute atomic E-state index is 0.108. The van der Waals surface area contributed by atoms with Gasteiger partial charge in [0.1, 0.15) is 0 Å². The van der Waals surface area contributed by atoms with E-state index in [0.717, 1.165) is 43.9 Å². The normalized spacial score (nSPS) is 15.2. The molecule has 0 N–H and O–H groups in total. The molecule has 0 aliphatic carbocycles. The Bertz CT molecular complexity index is 713. The van der Waals surface area contributed by atoms with E-state index in [0.29, 0.717) is 5.56 Å². The van der Waals surface area contributed by atoms with E-state index in [2.05, 4.69) is 11.0 Å². The molecule has 1 aliphatic rings. The molecular weight excluding hydrogens is 286 g/mol. The largest absolute Gasteiger partial charge is 0.336 e. The predicted molar refractivity (Wildman–Crippen MR) is 88.8 cm³/mol. The summed E-state index contributed by atoms with van der Waals surface area (Å²) in [5.74, 6) is 0.108. The molecule has 0 atom stereocenters. The van der Waals surface area contributed by atoms with Crippen molar-refractivity contribution in [2.24, 2.45) is 0 Å². The molecule has 1 heterocycles. The maximum Gasteiger partial charge on any atom is 0.253 e. The van der Waals surface area contributed by atoms with Crippen LogP contribution in [0.3, 0.4) is 0 Å². The first kappa shape index (κ1) is 15.3. The Morgan fingerprint density at radius 1 is 1.00 bits per heavy atom. The standard InChI is InChI=1S/C19H19N3O/c20-14-16-5-4-6-17(13-16)15-21-9-11-22(12-10-21)19(23)18-7-2-1-3-8-18/h1-8,13H,9-12,15H2. The molecule has 116 valence electrons. The summed E-state index contributed by atoms with van der Waals surface area (Å²) in [5, 5.41) is 8.96. The average Bonchev–Trinajstić information content (AvgIpc) is 2.63. The number of nitriles is 1. The van der Waals surface area contributed by atoms with Gasteiger partial charge in [0, 0.05) is 38.3 Å². The highest BCUT2D eigenvalue weighted by atomic mass is 16.2. The molecule has 23 heavy (non-hydrogen) atoms. The quantitative estimate of drug-likeness (QED) is 0.875. The Kier molecular flexibility index (Phi) is 4.70.